The zero-order valence-electron chi connectivity index (χ0n) is 13.3. The van der Waals surface area contributed by atoms with Crippen LogP contribution in [0.3, 0.4) is 0 Å². The number of aryl methyl sites for hydroxylation is 1. The summed E-state index contributed by atoms with van der Waals surface area (Å²) in [6.07, 6.45) is 1.52. The van der Waals surface area contributed by atoms with Crippen molar-refractivity contribution in [3.8, 4) is 0 Å². The number of hydrogen-bond donors (Lipinski definition) is 0. The van der Waals surface area contributed by atoms with Gasteiger partial charge in [0.15, 0.2) is 9.84 Å². The number of nitrogens with zero attached hydrogens (tertiary/aromatic N) is 1. The predicted octanol–water partition coefficient (Wildman–Crippen LogP) is 4.26. The second-order valence-corrected chi connectivity index (χ2v) is 8.64. The molecule has 0 aliphatic carbocycles. The van der Waals surface area contributed by atoms with Gasteiger partial charge in [0.2, 0.25) is 0 Å². The summed E-state index contributed by atoms with van der Waals surface area (Å²) in [6.45, 7) is 1.94. The number of carbonyl (C=O) groups is 1. The molecule has 1 heterocycles. The van der Waals surface area contributed by atoms with E-state index in [2.05, 4.69) is 0 Å². The Kier molecular flexibility index (Phi) is 4.91. The van der Waals surface area contributed by atoms with E-state index in [-0.39, 0.29) is 22.2 Å². The van der Waals surface area contributed by atoms with Crippen molar-refractivity contribution in [1.82, 2.24) is 0 Å². The van der Waals surface area contributed by atoms with Crippen LogP contribution in [0.4, 0.5) is 5.69 Å². The summed E-state index contributed by atoms with van der Waals surface area (Å²) in [7, 11) is -3.32. The molecule has 2 aromatic carbocycles. The largest absolute Gasteiger partial charge is 0.300 e. The molecule has 0 fully saturated rings. The van der Waals surface area contributed by atoms with Crippen LogP contribution in [0.5, 0.6) is 0 Å². The quantitative estimate of drug-likeness (QED) is 0.779. The number of halogens is 2. The summed E-state index contributed by atoms with van der Waals surface area (Å²) in [5.74, 6) is -0.532. The highest BCUT2D eigenvalue weighted by molar-refractivity contribution is 7.94. The summed E-state index contributed by atoms with van der Waals surface area (Å²) in [6, 6.07) is 11.3. The monoisotopic (exact) mass is 395 g/mol. The minimum Gasteiger partial charge on any atom is -0.300 e. The summed E-state index contributed by atoms with van der Waals surface area (Å²) < 4.78 is 23.7. The summed E-state index contributed by atoms with van der Waals surface area (Å²) in [5, 5.41) is 1.79. The predicted molar refractivity (Wildman–Crippen MR) is 101 cm³/mol. The van der Waals surface area contributed by atoms with Crippen LogP contribution >= 0.6 is 23.2 Å². The fraction of sp³-hybridized carbons (Fsp3) is 0.167. The molecule has 1 amide bonds. The first-order chi connectivity index (χ1) is 11.8. The molecule has 1 atom stereocenters. The molecular weight excluding hydrogens is 381 g/mol. The van der Waals surface area contributed by atoms with E-state index in [1.807, 2.05) is 19.1 Å². The molecular formula is C18H15Cl2NO3S. The van der Waals surface area contributed by atoms with Crippen molar-refractivity contribution in [2.75, 3.05) is 10.7 Å². The molecule has 1 aliphatic heterocycles. The van der Waals surface area contributed by atoms with Gasteiger partial charge >= 0.3 is 0 Å². The normalized spacial score (nSPS) is 18.3. The van der Waals surface area contributed by atoms with Crippen molar-refractivity contribution < 1.29 is 13.2 Å². The lowest BCUT2D eigenvalue weighted by atomic mass is 10.1. The van der Waals surface area contributed by atoms with Gasteiger partial charge in [-0.25, -0.2) is 8.42 Å². The van der Waals surface area contributed by atoms with Crippen LogP contribution < -0.4 is 4.90 Å². The lowest BCUT2D eigenvalue weighted by Crippen LogP contribution is -2.41. The zero-order valence-corrected chi connectivity index (χ0v) is 15.6. The van der Waals surface area contributed by atoms with Crippen molar-refractivity contribution in [2.24, 2.45) is 0 Å². The van der Waals surface area contributed by atoms with E-state index >= 15 is 0 Å². The Bertz CT molecular complexity index is 953. The average molecular weight is 396 g/mol. The van der Waals surface area contributed by atoms with Crippen molar-refractivity contribution in [2.45, 2.75) is 13.0 Å². The Balaban J connectivity index is 2.06. The SMILES string of the molecule is Cc1ccc(N(C(=O)c2ccc(Cl)cc2Cl)[C@@H]2C=CS(=O)(=O)C2)cc1. The molecule has 0 N–H and O–H groups in total. The molecule has 3 rings (SSSR count). The average Bonchev–Trinajstić information content (AvgIpc) is 2.89. The number of hydrogen-bond acceptors (Lipinski definition) is 3. The molecule has 0 unspecified atom stereocenters. The first-order valence-corrected chi connectivity index (χ1v) is 10.0. The van der Waals surface area contributed by atoms with E-state index < -0.39 is 15.9 Å². The van der Waals surface area contributed by atoms with Crippen LogP contribution in [-0.4, -0.2) is 26.1 Å². The fourth-order valence-electron chi connectivity index (χ4n) is 2.68. The van der Waals surface area contributed by atoms with Gasteiger partial charge < -0.3 is 4.90 Å². The lowest BCUT2D eigenvalue weighted by molar-refractivity contribution is 0.0983. The third-order valence-corrected chi connectivity index (χ3v) is 5.86. The van der Waals surface area contributed by atoms with E-state index in [1.54, 1.807) is 24.3 Å². The van der Waals surface area contributed by atoms with Crippen LogP contribution in [0.15, 0.2) is 53.9 Å². The van der Waals surface area contributed by atoms with Gasteiger partial charge in [-0.1, -0.05) is 40.9 Å². The Morgan fingerprint density at radius 3 is 2.36 bits per heavy atom. The number of benzene rings is 2. The molecule has 0 saturated heterocycles. The standard InChI is InChI=1S/C18H15Cl2NO3S/c1-12-2-5-14(6-3-12)21(15-8-9-25(23,24)11-15)18(22)16-7-4-13(19)10-17(16)20/h2-10,15H,11H2,1H3/t15-/m1/s1. The van der Waals surface area contributed by atoms with Gasteiger partial charge in [0.05, 0.1) is 22.4 Å². The van der Waals surface area contributed by atoms with Crippen molar-refractivity contribution >= 4 is 44.6 Å². The maximum absolute atomic E-state index is 13.1. The zero-order chi connectivity index (χ0) is 18.2. The Morgan fingerprint density at radius 2 is 1.80 bits per heavy atom. The smallest absolute Gasteiger partial charge is 0.260 e. The number of anilines is 1. The third kappa shape index (κ3) is 3.89. The first kappa shape index (κ1) is 18.0. The van der Waals surface area contributed by atoms with E-state index in [1.165, 1.54) is 17.0 Å². The molecule has 0 radical (unpaired) electrons. The summed E-state index contributed by atoms with van der Waals surface area (Å²) >= 11 is 12.1. The van der Waals surface area contributed by atoms with Crippen molar-refractivity contribution in [3.63, 3.8) is 0 Å². The maximum Gasteiger partial charge on any atom is 0.260 e. The van der Waals surface area contributed by atoms with Crippen LogP contribution in [0.25, 0.3) is 0 Å². The number of amides is 1. The number of sulfone groups is 1. The molecule has 0 bridgehead atoms. The van der Waals surface area contributed by atoms with Gasteiger partial charge in [0, 0.05) is 16.1 Å². The third-order valence-electron chi connectivity index (χ3n) is 3.94. The van der Waals surface area contributed by atoms with E-state index in [0.29, 0.717) is 10.7 Å². The topological polar surface area (TPSA) is 54.5 Å². The van der Waals surface area contributed by atoms with Gasteiger partial charge in [0.25, 0.3) is 5.91 Å². The van der Waals surface area contributed by atoms with Crippen LogP contribution in [-0.2, 0) is 9.84 Å². The minimum atomic E-state index is -3.32. The van der Waals surface area contributed by atoms with E-state index in [4.69, 9.17) is 23.2 Å². The highest BCUT2D eigenvalue weighted by Gasteiger charge is 2.32. The number of carbonyl (C=O) groups excluding carboxylic acids is 1. The highest BCUT2D eigenvalue weighted by Crippen LogP contribution is 2.28. The molecule has 7 heteroatoms. The summed E-state index contributed by atoms with van der Waals surface area (Å²) in [5.41, 5.74) is 1.91. The molecule has 0 aromatic heterocycles. The first-order valence-electron chi connectivity index (χ1n) is 7.53. The molecule has 1 aliphatic rings. The van der Waals surface area contributed by atoms with Gasteiger partial charge in [0.1, 0.15) is 0 Å². The second kappa shape index (κ2) is 6.83. The van der Waals surface area contributed by atoms with E-state index in [9.17, 15) is 13.2 Å². The lowest BCUT2D eigenvalue weighted by Gasteiger charge is -2.28. The van der Waals surface area contributed by atoms with Gasteiger partial charge in [-0.15, -0.1) is 0 Å². The van der Waals surface area contributed by atoms with Gasteiger partial charge in [-0.05, 0) is 43.3 Å². The van der Waals surface area contributed by atoms with Crippen molar-refractivity contribution in [1.29, 1.82) is 0 Å². The number of rotatable bonds is 3. The molecule has 4 nitrogen and oxygen atoms in total. The fourth-order valence-corrected chi connectivity index (χ4v) is 4.43. The van der Waals surface area contributed by atoms with Crippen LogP contribution in [0.1, 0.15) is 15.9 Å². The van der Waals surface area contributed by atoms with Crippen LogP contribution in [0, 0.1) is 6.92 Å². The van der Waals surface area contributed by atoms with Crippen LogP contribution in [0.2, 0.25) is 10.0 Å². The second-order valence-electron chi connectivity index (χ2n) is 5.86. The van der Waals surface area contributed by atoms with E-state index in [0.717, 1.165) is 11.0 Å². The summed E-state index contributed by atoms with van der Waals surface area (Å²) in [4.78, 5) is 14.6. The highest BCUT2D eigenvalue weighted by atomic mass is 35.5. The molecule has 25 heavy (non-hydrogen) atoms. The minimum absolute atomic E-state index is 0.155. The maximum atomic E-state index is 13.1. The Hall–Kier alpha value is -1.82. The Morgan fingerprint density at radius 1 is 1.12 bits per heavy atom. The Labute approximate surface area is 156 Å². The molecule has 0 saturated carbocycles. The molecule has 0 spiro atoms. The van der Waals surface area contributed by atoms with Gasteiger partial charge in [-0.2, -0.15) is 0 Å². The van der Waals surface area contributed by atoms with Crippen molar-refractivity contribution in [3.05, 3.63) is 75.1 Å². The van der Waals surface area contributed by atoms with Gasteiger partial charge in [-0.3, -0.25) is 4.79 Å². The molecule has 2 aromatic rings. The molecule has 130 valence electrons.